The van der Waals surface area contributed by atoms with Crippen molar-refractivity contribution in [1.82, 2.24) is 9.97 Å². The van der Waals surface area contributed by atoms with Gasteiger partial charge in [0, 0.05) is 48.2 Å². The number of carbonyl (C=O) groups is 3. The first-order chi connectivity index (χ1) is 29.0. The molecule has 0 amide bonds. The Bertz CT molecular complexity index is 1510. The van der Waals surface area contributed by atoms with E-state index in [0.717, 1.165) is 80.7 Å². The SMILES string of the molecule is COC(=O)C(CSC/C=C(\C)CC/C=C(\C)CCC=C(C)C)CC(=N)N.COC(=O)C(CSC/C=C(\C)CC/C=C(\C)CCC=C(C)C)Cc1ncc[nH]1.O=CCBr.[2H]CF. The lowest BCUT2D eigenvalue weighted by Gasteiger charge is -2.12. The van der Waals surface area contributed by atoms with E-state index in [1.54, 1.807) is 35.9 Å². The van der Waals surface area contributed by atoms with Crippen LogP contribution in [0.25, 0.3) is 0 Å². The number of aldehydes is 1. The molecule has 0 radical (unpaired) electrons. The number of esters is 2. The normalized spacial score (nSPS) is 12.7. The van der Waals surface area contributed by atoms with Crippen molar-refractivity contribution in [1.29, 1.82) is 5.41 Å². The number of carbonyl (C=O) groups excluding carboxylic acids is 3. The maximum Gasteiger partial charge on any atom is 0.309 e. The summed E-state index contributed by atoms with van der Waals surface area (Å²) < 4.78 is 25.2. The number of hydrogen-bond donors (Lipinski definition) is 3. The van der Waals surface area contributed by atoms with Crippen LogP contribution < -0.4 is 5.73 Å². The third kappa shape index (κ3) is 40.3. The number of nitrogens with two attached hydrogens (primary N) is 1. The van der Waals surface area contributed by atoms with E-state index in [9.17, 15) is 14.0 Å². The Labute approximate surface area is 381 Å². The number of amidine groups is 1. The van der Waals surface area contributed by atoms with Gasteiger partial charge in [0.1, 0.15) is 12.1 Å². The first-order valence-electron chi connectivity index (χ1n) is 21.1. The van der Waals surface area contributed by atoms with Crippen molar-refractivity contribution in [2.45, 2.75) is 120 Å². The molecule has 0 aliphatic carbocycles. The third-order valence-electron chi connectivity index (χ3n) is 8.58. The second kappa shape index (κ2) is 42.5. The van der Waals surface area contributed by atoms with Gasteiger partial charge in [-0.05, 0) is 107 Å². The van der Waals surface area contributed by atoms with Crippen molar-refractivity contribution in [2.24, 2.45) is 17.6 Å². The Morgan fingerprint density at radius 2 is 1.18 bits per heavy atom. The average Bonchev–Trinajstić information content (AvgIpc) is 3.73. The summed E-state index contributed by atoms with van der Waals surface area (Å²) in [4.78, 5) is 40.1. The number of nitrogens with one attached hydrogen (secondary N) is 2. The summed E-state index contributed by atoms with van der Waals surface area (Å²) in [6.45, 7) is 17.3. The number of hydrogen-bond acceptors (Lipinski definition) is 9. The van der Waals surface area contributed by atoms with Crippen molar-refractivity contribution >= 4 is 63.5 Å². The summed E-state index contributed by atoms with van der Waals surface area (Å²) in [5, 5.41) is 7.81. The molecule has 2 unspecified atom stereocenters. The Hall–Kier alpha value is -3.16. The lowest BCUT2D eigenvalue weighted by molar-refractivity contribution is -0.145. The summed E-state index contributed by atoms with van der Waals surface area (Å²) in [7, 11) is 1.82. The molecule has 0 saturated carbocycles. The number of nitrogens with zero attached hydrogens (tertiary/aromatic N) is 1. The maximum absolute atomic E-state index is 12.0. The molecule has 1 rings (SSSR count). The fourth-order valence-electron chi connectivity index (χ4n) is 5.16. The van der Waals surface area contributed by atoms with Gasteiger partial charge >= 0.3 is 11.9 Å². The van der Waals surface area contributed by atoms with E-state index in [2.05, 4.69) is 118 Å². The number of thioether (sulfide) groups is 2. The summed E-state index contributed by atoms with van der Waals surface area (Å²) in [6, 6.07) is 0. The highest BCUT2D eigenvalue weighted by molar-refractivity contribution is 9.09. The molecule has 1 aromatic heterocycles. The molecule has 0 aliphatic heterocycles. The minimum Gasteiger partial charge on any atom is -0.469 e. The number of allylic oxidation sites excluding steroid dienone is 10. The van der Waals surface area contributed by atoms with Crippen molar-refractivity contribution in [2.75, 3.05) is 49.7 Å². The molecule has 60 heavy (non-hydrogen) atoms. The van der Waals surface area contributed by atoms with Gasteiger partial charge in [-0.2, -0.15) is 23.5 Å². The molecule has 2 atom stereocenters. The molecular formula is C47H78BrFN4O5S2. The molecule has 4 N–H and O–H groups in total. The molecule has 1 heterocycles. The number of methoxy groups -OCH3 is 2. The zero-order valence-electron chi connectivity index (χ0n) is 39.3. The lowest BCUT2D eigenvalue weighted by atomic mass is 10.1. The molecule has 0 bridgehead atoms. The smallest absolute Gasteiger partial charge is 0.309 e. The summed E-state index contributed by atoms with van der Waals surface area (Å²) in [5.41, 5.74) is 13.9. The fraction of sp³-hybridized carbons (Fsp3) is 0.596. The first kappa shape index (κ1) is 58.9. The van der Waals surface area contributed by atoms with Crippen LogP contribution in [0.5, 0.6) is 0 Å². The number of alkyl halides is 2. The molecule has 0 fully saturated rings. The van der Waals surface area contributed by atoms with Crippen LogP contribution in [0.4, 0.5) is 4.39 Å². The Morgan fingerprint density at radius 1 is 0.800 bits per heavy atom. The fourth-order valence-corrected chi connectivity index (χ4v) is 7.32. The van der Waals surface area contributed by atoms with Gasteiger partial charge in [0.15, 0.2) is 0 Å². The standard InChI is InChI=1S/C23H36N2O2S.C21H36N2O2S.C2H3BrO.CH3F/c1-18(2)8-6-9-19(3)10-7-11-20(4)12-15-28-17-21(23(26)27-5)16-22-24-13-14-25-22;1-16(2)8-6-9-17(3)10-7-11-18(4)12-13-26-15-19(14-20(22)23)21(24)25-5;3-1-2-4;1-2/h8,10,12-14,21H,6-7,9,11,15-17H2,1-5H3,(H,24,25);8,10,12,19H,6-7,9,11,13-15H2,1-5H3,(H3,22,23);2H,1H2;1H3/b19-10+,20-12+;17-10+,18-12+;;/i;;;1D. The van der Waals surface area contributed by atoms with Crippen LogP contribution in [-0.4, -0.2) is 83.7 Å². The molecular weight excluding hydrogens is 864 g/mol. The van der Waals surface area contributed by atoms with Crippen molar-refractivity contribution in [3.05, 3.63) is 88.1 Å². The van der Waals surface area contributed by atoms with Crippen LogP contribution in [0.1, 0.15) is 120 Å². The Kier molecular flexibility index (Phi) is 41.8. The number of halogens is 2. The van der Waals surface area contributed by atoms with E-state index in [1.807, 2.05) is 0 Å². The topological polar surface area (TPSA) is 148 Å². The predicted molar refractivity (Wildman–Crippen MR) is 262 cm³/mol. The molecule has 0 spiro atoms. The van der Waals surface area contributed by atoms with Crippen LogP contribution in [0.15, 0.2) is 82.3 Å². The number of ether oxygens (including phenoxy) is 2. The van der Waals surface area contributed by atoms with Gasteiger partial charge in [0.05, 0.1) is 45.7 Å². The van der Waals surface area contributed by atoms with Crippen LogP contribution in [0.3, 0.4) is 0 Å². The van der Waals surface area contributed by atoms with Crippen LogP contribution in [-0.2, 0) is 30.3 Å². The van der Waals surface area contributed by atoms with Gasteiger partial charge in [-0.3, -0.25) is 19.4 Å². The van der Waals surface area contributed by atoms with E-state index >= 15 is 0 Å². The van der Waals surface area contributed by atoms with Crippen LogP contribution >= 0.6 is 39.5 Å². The molecule has 13 heteroatoms. The van der Waals surface area contributed by atoms with E-state index < -0.39 is 7.15 Å². The Morgan fingerprint density at radius 3 is 1.53 bits per heavy atom. The van der Waals surface area contributed by atoms with Gasteiger partial charge in [0.2, 0.25) is 0 Å². The predicted octanol–water partition coefficient (Wildman–Crippen LogP) is 12.3. The molecule has 342 valence electrons. The number of aromatic amines is 1. The molecule has 9 nitrogen and oxygen atoms in total. The minimum atomic E-state index is -1.00. The molecule has 0 aliphatic rings. The zero-order valence-corrected chi connectivity index (χ0v) is 41.5. The minimum absolute atomic E-state index is 0.0273. The largest absolute Gasteiger partial charge is 0.469 e. The second-order valence-electron chi connectivity index (χ2n) is 14.7. The van der Waals surface area contributed by atoms with Gasteiger partial charge in [-0.25, -0.2) is 4.98 Å². The number of imidazole rings is 1. The van der Waals surface area contributed by atoms with E-state index in [0.29, 0.717) is 17.5 Å². The average molecular weight is 943 g/mol. The van der Waals surface area contributed by atoms with Gasteiger partial charge < -0.3 is 25.0 Å². The lowest BCUT2D eigenvalue weighted by Crippen LogP contribution is -2.25. The first-order valence-corrected chi connectivity index (χ1v) is 23.8. The number of H-pyrrole nitrogens is 1. The number of rotatable bonds is 27. The summed E-state index contributed by atoms with van der Waals surface area (Å²) in [6.07, 6.45) is 27.8. The van der Waals surface area contributed by atoms with Crippen molar-refractivity contribution in [3.8, 4) is 0 Å². The van der Waals surface area contributed by atoms with Crippen molar-refractivity contribution in [3.63, 3.8) is 0 Å². The quantitative estimate of drug-likeness (QED) is 0.0149. The zero-order chi connectivity index (χ0) is 46.8. The van der Waals surface area contributed by atoms with Gasteiger partial charge in [0.25, 0.3) is 0 Å². The Balaban J connectivity index is -0.000000957. The van der Waals surface area contributed by atoms with E-state index in [4.69, 9.17) is 26.8 Å². The van der Waals surface area contributed by atoms with Gasteiger partial charge in [-0.1, -0.05) is 85.8 Å². The highest BCUT2D eigenvalue weighted by Gasteiger charge is 2.21. The molecule has 0 aromatic carbocycles. The van der Waals surface area contributed by atoms with Gasteiger partial charge in [-0.15, -0.1) is 0 Å². The summed E-state index contributed by atoms with van der Waals surface area (Å²) >= 11 is 6.33. The highest BCUT2D eigenvalue weighted by atomic mass is 79.9. The maximum atomic E-state index is 12.0. The molecule has 0 saturated heterocycles. The number of aromatic nitrogens is 2. The second-order valence-corrected chi connectivity index (χ2v) is 17.5. The monoisotopic (exact) mass is 941 g/mol. The van der Waals surface area contributed by atoms with Crippen molar-refractivity contribution < 1.29 is 29.6 Å². The van der Waals surface area contributed by atoms with Crippen LogP contribution in [0.2, 0.25) is 0 Å². The van der Waals surface area contributed by atoms with E-state index in [-0.39, 0.29) is 36.0 Å². The molecule has 1 aromatic rings. The van der Waals surface area contributed by atoms with Crippen LogP contribution in [0, 0.1) is 17.2 Å². The third-order valence-corrected chi connectivity index (χ3v) is 10.9. The summed E-state index contributed by atoms with van der Waals surface area (Å²) in [5.74, 6) is 3.04. The highest BCUT2D eigenvalue weighted by Crippen LogP contribution is 2.18. The van der Waals surface area contributed by atoms with E-state index in [1.165, 1.54) is 47.7 Å².